The molecule has 0 aliphatic carbocycles. The van der Waals surface area contributed by atoms with E-state index in [0.29, 0.717) is 12.0 Å². The van der Waals surface area contributed by atoms with Gasteiger partial charge >= 0.3 is 0 Å². The highest BCUT2D eigenvalue weighted by molar-refractivity contribution is 4.86. The van der Waals surface area contributed by atoms with Gasteiger partial charge in [-0.1, -0.05) is 20.8 Å². The lowest BCUT2D eigenvalue weighted by Crippen LogP contribution is -2.51. The van der Waals surface area contributed by atoms with Gasteiger partial charge in [0.15, 0.2) is 0 Å². The second kappa shape index (κ2) is 6.61. The second-order valence-electron chi connectivity index (χ2n) is 6.07. The zero-order chi connectivity index (χ0) is 12.9. The molecule has 98 valence electrons. The summed E-state index contributed by atoms with van der Waals surface area (Å²) in [5, 5.41) is 0. The van der Waals surface area contributed by atoms with Crippen LogP contribution in [0.15, 0.2) is 0 Å². The van der Waals surface area contributed by atoms with Crippen molar-refractivity contribution >= 4 is 0 Å². The lowest BCUT2D eigenvalue weighted by Gasteiger charge is -2.44. The van der Waals surface area contributed by atoms with E-state index < -0.39 is 0 Å². The van der Waals surface area contributed by atoms with E-state index in [0.717, 1.165) is 0 Å². The molecule has 0 spiro atoms. The molecule has 2 heteroatoms. The van der Waals surface area contributed by atoms with Gasteiger partial charge in [-0.3, -0.25) is 4.90 Å². The van der Waals surface area contributed by atoms with E-state index in [1.54, 1.807) is 0 Å². The summed E-state index contributed by atoms with van der Waals surface area (Å²) in [4.78, 5) is 4.85. The minimum Gasteiger partial charge on any atom is -0.309 e. The zero-order valence-electron chi connectivity index (χ0n) is 12.7. The molecule has 0 aliphatic heterocycles. The molecule has 0 rings (SSSR count). The fraction of sp³-hybridized carbons (Fsp3) is 1.00. The van der Waals surface area contributed by atoms with Crippen LogP contribution in [0.2, 0.25) is 0 Å². The minimum absolute atomic E-state index is 0.285. The molecule has 0 amide bonds. The molecule has 0 N–H and O–H groups in total. The van der Waals surface area contributed by atoms with Crippen molar-refractivity contribution in [2.45, 2.75) is 59.0 Å². The van der Waals surface area contributed by atoms with Gasteiger partial charge in [-0.15, -0.1) is 0 Å². The Balaban J connectivity index is 4.46. The van der Waals surface area contributed by atoms with Crippen LogP contribution in [0.25, 0.3) is 0 Å². The predicted octanol–water partition coefficient (Wildman–Crippen LogP) is 3.08. The predicted molar refractivity (Wildman–Crippen MR) is 73.9 cm³/mol. The first-order valence-corrected chi connectivity index (χ1v) is 6.61. The third kappa shape index (κ3) is 4.42. The summed E-state index contributed by atoms with van der Waals surface area (Å²) >= 11 is 0. The maximum absolute atomic E-state index is 2.57. The van der Waals surface area contributed by atoms with Crippen molar-refractivity contribution in [3.8, 4) is 0 Å². The Morgan fingerprint density at radius 3 is 1.88 bits per heavy atom. The summed E-state index contributed by atoms with van der Waals surface area (Å²) in [6, 6.07) is 0.694. The lowest BCUT2D eigenvalue weighted by molar-refractivity contribution is 0.0521. The molecule has 0 saturated carbocycles. The average Bonchev–Trinajstić information content (AvgIpc) is 2.17. The zero-order valence-corrected chi connectivity index (χ0v) is 12.7. The molecule has 16 heavy (non-hydrogen) atoms. The first kappa shape index (κ1) is 15.9. The Kier molecular flexibility index (Phi) is 6.57. The van der Waals surface area contributed by atoms with Crippen LogP contribution in [0, 0.1) is 5.92 Å². The standard InChI is InChI=1S/C14H32N2/c1-9-13(10-11-15(6)7)16(8)14(4,5)12(2)3/h12-13H,9-11H2,1-8H3. The van der Waals surface area contributed by atoms with Crippen LogP contribution in [0.5, 0.6) is 0 Å². The van der Waals surface area contributed by atoms with E-state index in [9.17, 15) is 0 Å². The highest BCUT2D eigenvalue weighted by Crippen LogP contribution is 2.26. The second-order valence-corrected chi connectivity index (χ2v) is 6.07. The first-order chi connectivity index (χ1) is 7.23. The Bertz CT molecular complexity index is 185. The van der Waals surface area contributed by atoms with Gasteiger partial charge in [0, 0.05) is 11.6 Å². The number of hydrogen-bond donors (Lipinski definition) is 0. The average molecular weight is 228 g/mol. The van der Waals surface area contributed by atoms with Crippen LogP contribution in [0.4, 0.5) is 0 Å². The van der Waals surface area contributed by atoms with Gasteiger partial charge in [0.05, 0.1) is 0 Å². The number of hydrogen-bond acceptors (Lipinski definition) is 2. The van der Waals surface area contributed by atoms with E-state index in [1.165, 1.54) is 19.4 Å². The molecule has 0 heterocycles. The van der Waals surface area contributed by atoms with Gasteiger partial charge in [0.2, 0.25) is 0 Å². The molecule has 0 aromatic carbocycles. The highest BCUT2D eigenvalue weighted by atomic mass is 15.2. The van der Waals surface area contributed by atoms with Crippen molar-refractivity contribution in [1.82, 2.24) is 9.80 Å². The number of nitrogens with zero attached hydrogens (tertiary/aromatic N) is 2. The van der Waals surface area contributed by atoms with Gasteiger partial charge in [-0.25, -0.2) is 0 Å². The van der Waals surface area contributed by atoms with Crippen molar-refractivity contribution < 1.29 is 0 Å². The summed E-state index contributed by atoms with van der Waals surface area (Å²) < 4.78 is 0. The quantitative estimate of drug-likeness (QED) is 0.661. The summed E-state index contributed by atoms with van der Waals surface area (Å²) in [7, 11) is 6.59. The molecule has 0 fully saturated rings. The maximum atomic E-state index is 2.57. The summed E-state index contributed by atoms with van der Waals surface area (Å²) in [5.41, 5.74) is 0.285. The van der Waals surface area contributed by atoms with Gasteiger partial charge in [0.25, 0.3) is 0 Å². The summed E-state index contributed by atoms with van der Waals surface area (Å²) in [5.74, 6) is 0.686. The Morgan fingerprint density at radius 1 is 1.06 bits per heavy atom. The molecular weight excluding hydrogens is 196 g/mol. The van der Waals surface area contributed by atoms with E-state index >= 15 is 0 Å². The van der Waals surface area contributed by atoms with Crippen molar-refractivity contribution in [1.29, 1.82) is 0 Å². The molecule has 2 nitrogen and oxygen atoms in total. The molecule has 1 unspecified atom stereocenters. The Hall–Kier alpha value is -0.0800. The van der Waals surface area contributed by atoms with Gasteiger partial charge in [-0.2, -0.15) is 0 Å². The SMILES string of the molecule is CCC(CCN(C)C)N(C)C(C)(C)C(C)C. The number of rotatable bonds is 7. The fourth-order valence-corrected chi connectivity index (χ4v) is 1.96. The summed E-state index contributed by atoms with van der Waals surface area (Å²) in [6.45, 7) is 12.8. The third-order valence-corrected chi connectivity index (χ3v) is 4.25. The van der Waals surface area contributed by atoms with Crippen LogP contribution >= 0.6 is 0 Å². The Labute approximate surface area is 103 Å². The normalized spacial score (nSPS) is 15.2. The molecular formula is C14H32N2. The molecule has 0 aliphatic rings. The molecule has 1 atom stereocenters. The third-order valence-electron chi connectivity index (χ3n) is 4.25. The van der Waals surface area contributed by atoms with E-state index in [1.807, 2.05) is 0 Å². The summed E-state index contributed by atoms with van der Waals surface area (Å²) in [6.07, 6.45) is 2.50. The van der Waals surface area contributed by atoms with Crippen LogP contribution in [-0.4, -0.2) is 49.1 Å². The fourth-order valence-electron chi connectivity index (χ4n) is 1.96. The largest absolute Gasteiger partial charge is 0.309 e. The van der Waals surface area contributed by atoms with Crippen LogP contribution < -0.4 is 0 Å². The van der Waals surface area contributed by atoms with Crippen LogP contribution in [-0.2, 0) is 0 Å². The molecule has 0 bridgehead atoms. The van der Waals surface area contributed by atoms with Crippen molar-refractivity contribution in [3.05, 3.63) is 0 Å². The monoisotopic (exact) mass is 228 g/mol. The molecule has 0 saturated heterocycles. The lowest BCUT2D eigenvalue weighted by atomic mass is 9.87. The van der Waals surface area contributed by atoms with E-state index in [2.05, 4.69) is 65.6 Å². The minimum atomic E-state index is 0.285. The van der Waals surface area contributed by atoms with Crippen molar-refractivity contribution in [2.75, 3.05) is 27.7 Å². The van der Waals surface area contributed by atoms with Crippen LogP contribution in [0.1, 0.15) is 47.5 Å². The van der Waals surface area contributed by atoms with Crippen molar-refractivity contribution in [2.24, 2.45) is 5.92 Å². The van der Waals surface area contributed by atoms with E-state index in [-0.39, 0.29) is 5.54 Å². The topological polar surface area (TPSA) is 6.48 Å². The van der Waals surface area contributed by atoms with Gasteiger partial charge in [-0.05, 0) is 60.3 Å². The van der Waals surface area contributed by atoms with Crippen molar-refractivity contribution in [3.63, 3.8) is 0 Å². The van der Waals surface area contributed by atoms with E-state index in [4.69, 9.17) is 0 Å². The smallest absolute Gasteiger partial charge is 0.0176 e. The van der Waals surface area contributed by atoms with Gasteiger partial charge < -0.3 is 4.90 Å². The Morgan fingerprint density at radius 2 is 1.56 bits per heavy atom. The molecule has 0 aromatic heterocycles. The molecule has 0 aromatic rings. The van der Waals surface area contributed by atoms with Crippen LogP contribution in [0.3, 0.4) is 0 Å². The van der Waals surface area contributed by atoms with Gasteiger partial charge in [0.1, 0.15) is 0 Å². The maximum Gasteiger partial charge on any atom is 0.0176 e. The molecule has 0 radical (unpaired) electrons. The highest BCUT2D eigenvalue weighted by Gasteiger charge is 2.31. The first-order valence-electron chi connectivity index (χ1n) is 6.61.